The Hall–Kier alpha value is -2.48. The maximum absolute atomic E-state index is 11.7. The van der Waals surface area contributed by atoms with Crippen molar-refractivity contribution in [2.24, 2.45) is 5.84 Å². The SMILES string of the molecule is NNc1cccc(C(=O)NCCc2ncno2)n1. The highest BCUT2D eigenvalue weighted by atomic mass is 16.5. The van der Waals surface area contributed by atoms with E-state index in [1.807, 2.05) is 0 Å². The van der Waals surface area contributed by atoms with Crippen LogP contribution in [0.5, 0.6) is 0 Å². The van der Waals surface area contributed by atoms with Crippen LogP contribution >= 0.6 is 0 Å². The van der Waals surface area contributed by atoms with E-state index in [9.17, 15) is 4.79 Å². The smallest absolute Gasteiger partial charge is 0.269 e. The van der Waals surface area contributed by atoms with E-state index in [0.717, 1.165) is 0 Å². The molecule has 0 saturated heterocycles. The van der Waals surface area contributed by atoms with Crippen LogP contribution in [0, 0.1) is 0 Å². The summed E-state index contributed by atoms with van der Waals surface area (Å²) >= 11 is 0. The Balaban J connectivity index is 1.87. The van der Waals surface area contributed by atoms with Crippen LogP contribution in [0.15, 0.2) is 29.0 Å². The summed E-state index contributed by atoms with van der Waals surface area (Å²) in [5.41, 5.74) is 2.66. The zero-order valence-electron chi connectivity index (χ0n) is 9.46. The third-order valence-corrected chi connectivity index (χ3v) is 2.16. The Morgan fingerprint density at radius 1 is 1.44 bits per heavy atom. The van der Waals surface area contributed by atoms with Crippen LogP contribution in [0.4, 0.5) is 5.82 Å². The first-order valence-corrected chi connectivity index (χ1v) is 5.27. The van der Waals surface area contributed by atoms with Crippen LogP contribution in [0.1, 0.15) is 16.4 Å². The molecular formula is C10H12N6O2. The quantitative estimate of drug-likeness (QED) is 0.492. The molecule has 94 valence electrons. The van der Waals surface area contributed by atoms with Gasteiger partial charge in [0, 0.05) is 13.0 Å². The van der Waals surface area contributed by atoms with Gasteiger partial charge in [0.2, 0.25) is 5.89 Å². The van der Waals surface area contributed by atoms with E-state index in [1.54, 1.807) is 18.2 Å². The summed E-state index contributed by atoms with van der Waals surface area (Å²) < 4.78 is 4.80. The fourth-order valence-electron chi connectivity index (χ4n) is 1.32. The molecule has 0 saturated carbocycles. The average Bonchev–Trinajstić information content (AvgIpc) is 2.92. The maximum atomic E-state index is 11.7. The van der Waals surface area contributed by atoms with Crippen LogP contribution < -0.4 is 16.6 Å². The molecule has 0 aliphatic heterocycles. The lowest BCUT2D eigenvalue weighted by Crippen LogP contribution is -2.27. The van der Waals surface area contributed by atoms with Gasteiger partial charge >= 0.3 is 0 Å². The van der Waals surface area contributed by atoms with E-state index < -0.39 is 0 Å². The molecule has 2 aromatic rings. The van der Waals surface area contributed by atoms with Crippen LogP contribution in [0.2, 0.25) is 0 Å². The number of aromatic nitrogens is 3. The number of anilines is 1. The van der Waals surface area contributed by atoms with Gasteiger partial charge in [-0.05, 0) is 12.1 Å². The van der Waals surface area contributed by atoms with Gasteiger partial charge in [0.15, 0.2) is 6.33 Å². The van der Waals surface area contributed by atoms with Gasteiger partial charge in [-0.2, -0.15) is 4.98 Å². The molecule has 18 heavy (non-hydrogen) atoms. The van der Waals surface area contributed by atoms with Crippen molar-refractivity contribution < 1.29 is 9.32 Å². The molecule has 1 amide bonds. The number of carbonyl (C=O) groups is 1. The summed E-state index contributed by atoms with van der Waals surface area (Å²) in [5.74, 6) is 5.83. The van der Waals surface area contributed by atoms with E-state index in [2.05, 4.69) is 25.9 Å². The van der Waals surface area contributed by atoms with Gasteiger partial charge in [-0.25, -0.2) is 10.8 Å². The summed E-state index contributed by atoms with van der Waals surface area (Å²) in [4.78, 5) is 19.6. The maximum Gasteiger partial charge on any atom is 0.269 e. The molecular weight excluding hydrogens is 236 g/mol. The molecule has 0 atom stereocenters. The number of hydrogen-bond acceptors (Lipinski definition) is 7. The number of nitrogens with two attached hydrogens (primary N) is 1. The Bertz CT molecular complexity index is 513. The lowest BCUT2D eigenvalue weighted by Gasteiger charge is -2.04. The third-order valence-electron chi connectivity index (χ3n) is 2.16. The molecule has 2 rings (SSSR count). The van der Waals surface area contributed by atoms with E-state index in [-0.39, 0.29) is 11.6 Å². The number of hydrogen-bond donors (Lipinski definition) is 3. The molecule has 8 heteroatoms. The minimum absolute atomic E-state index is 0.286. The fourth-order valence-corrected chi connectivity index (χ4v) is 1.32. The van der Waals surface area contributed by atoms with Crippen molar-refractivity contribution >= 4 is 11.7 Å². The van der Waals surface area contributed by atoms with Crippen LogP contribution in [0.3, 0.4) is 0 Å². The van der Waals surface area contributed by atoms with Crippen LogP contribution in [-0.4, -0.2) is 27.6 Å². The Morgan fingerprint density at radius 3 is 3.06 bits per heavy atom. The predicted molar refractivity (Wildman–Crippen MR) is 62.4 cm³/mol. The second kappa shape index (κ2) is 5.73. The highest BCUT2D eigenvalue weighted by Crippen LogP contribution is 2.02. The van der Waals surface area contributed by atoms with E-state index >= 15 is 0 Å². The number of nitrogen functional groups attached to an aromatic ring is 1. The highest BCUT2D eigenvalue weighted by molar-refractivity contribution is 5.92. The number of hydrazine groups is 1. The van der Waals surface area contributed by atoms with Crippen molar-refractivity contribution in [1.82, 2.24) is 20.4 Å². The second-order valence-electron chi connectivity index (χ2n) is 3.39. The summed E-state index contributed by atoms with van der Waals surface area (Å²) in [6.07, 6.45) is 1.79. The normalized spacial score (nSPS) is 10.1. The Morgan fingerprint density at radius 2 is 2.33 bits per heavy atom. The first-order chi connectivity index (χ1) is 8.79. The molecule has 4 N–H and O–H groups in total. The predicted octanol–water partition coefficient (Wildman–Crippen LogP) is -0.277. The molecule has 0 spiro atoms. The zero-order valence-corrected chi connectivity index (χ0v) is 9.46. The van der Waals surface area contributed by atoms with E-state index in [0.29, 0.717) is 24.7 Å². The molecule has 0 fully saturated rings. The number of pyridine rings is 1. The molecule has 2 heterocycles. The van der Waals surface area contributed by atoms with Crippen molar-refractivity contribution in [2.75, 3.05) is 12.0 Å². The third kappa shape index (κ3) is 3.01. The van der Waals surface area contributed by atoms with Gasteiger partial charge in [0.05, 0.1) is 0 Å². The van der Waals surface area contributed by atoms with Crippen molar-refractivity contribution in [3.8, 4) is 0 Å². The standard InChI is InChI=1S/C10H12N6O2/c11-16-8-3-1-2-7(15-8)10(17)12-5-4-9-13-6-14-18-9/h1-3,6H,4-5,11H2,(H,12,17)(H,15,16). The molecule has 0 aromatic carbocycles. The van der Waals surface area contributed by atoms with Gasteiger partial charge in [-0.3, -0.25) is 4.79 Å². The summed E-state index contributed by atoms with van der Waals surface area (Å²) in [7, 11) is 0. The molecule has 0 bridgehead atoms. The van der Waals surface area contributed by atoms with Gasteiger partial charge in [-0.15, -0.1) is 0 Å². The highest BCUT2D eigenvalue weighted by Gasteiger charge is 2.08. The van der Waals surface area contributed by atoms with E-state index in [4.69, 9.17) is 10.4 Å². The molecule has 0 unspecified atom stereocenters. The molecule has 0 radical (unpaired) electrons. The monoisotopic (exact) mass is 248 g/mol. The fraction of sp³-hybridized carbons (Fsp3) is 0.200. The van der Waals surface area contributed by atoms with Crippen molar-refractivity contribution in [3.05, 3.63) is 36.1 Å². The number of nitrogens with zero attached hydrogens (tertiary/aromatic N) is 3. The van der Waals surface area contributed by atoms with Crippen molar-refractivity contribution in [1.29, 1.82) is 0 Å². The topological polar surface area (TPSA) is 119 Å². The van der Waals surface area contributed by atoms with Crippen LogP contribution in [-0.2, 0) is 6.42 Å². The number of carbonyl (C=O) groups excluding carboxylic acids is 1. The summed E-state index contributed by atoms with van der Waals surface area (Å²) in [5, 5.41) is 6.16. The minimum atomic E-state index is -0.286. The first-order valence-electron chi connectivity index (χ1n) is 5.27. The lowest BCUT2D eigenvalue weighted by atomic mass is 10.3. The molecule has 8 nitrogen and oxygen atoms in total. The van der Waals surface area contributed by atoms with Gasteiger partial charge in [0.1, 0.15) is 11.5 Å². The van der Waals surface area contributed by atoms with Crippen molar-refractivity contribution in [3.63, 3.8) is 0 Å². The number of amides is 1. The van der Waals surface area contributed by atoms with Gasteiger partial charge in [-0.1, -0.05) is 11.2 Å². The van der Waals surface area contributed by atoms with E-state index in [1.165, 1.54) is 6.33 Å². The van der Waals surface area contributed by atoms with Gasteiger partial charge < -0.3 is 15.3 Å². The van der Waals surface area contributed by atoms with Crippen molar-refractivity contribution in [2.45, 2.75) is 6.42 Å². The second-order valence-corrected chi connectivity index (χ2v) is 3.39. The number of rotatable bonds is 5. The average molecular weight is 248 g/mol. The minimum Gasteiger partial charge on any atom is -0.350 e. The van der Waals surface area contributed by atoms with Gasteiger partial charge in [0.25, 0.3) is 5.91 Å². The Labute approximate surface area is 103 Å². The molecule has 0 aliphatic carbocycles. The zero-order chi connectivity index (χ0) is 12.8. The Kier molecular flexibility index (Phi) is 3.82. The number of nitrogens with one attached hydrogen (secondary N) is 2. The molecule has 2 aromatic heterocycles. The summed E-state index contributed by atoms with van der Waals surface area (Å²) in [6.45, 7) is 0.392. The largest absolute Gasteiger partial charge is 0.350 e. The first kappa shape index (κ1) is 12.0. The molecule has 0 aliphatic rings. The lowest BCUT2D eigenvalue weighted by molar-refractivity contribution is 0.0948. The van der Waals surface area contributed by atoms with Crippen LogP contribution in [0.25, 0.3) is 0 Å². The summed E-state index contributed by atoms with van der Waals surface area (Å²) in [6, 6.07) is 4.95.